The Morgan fingerprint density at radius 3 is 2.29 bits per heavy atom. The maximum absolute atomic E-state index is 12.7. The summed E-state index contributed by atoms with van der Waals surface area (Å²) < 4.78 is 39.1. The van der Waals surface area contributed by atoms with Crippen LogP contribution in [0.25, 0.3) is 10.9 Å². The van der Waals surface area contributed by atoms with E-state index in [9.17, 15) is 22.8 Å². The van der Waals surface area contributed by atoms with E-state index in [-0.39, 0.29) is 22.9 Å². The van der Waals surface area contributed by atoms with Crippen LogP contribution in [0.1, 0.15) is 26.3 Å². The van der Waals surface area contributed by atoms with Gasteiger partial charge in [0.1, 0.15) is 0 Å². The van der Waals surface area contributed by atoms with E-state index in [1.807, 2.05) is 20.8 Å². The summed E-state index contributed by atoms with van der Waals surface area (Å²) in [5.74, 6) is 0. The summed E-state index contributed by atoms with van der Waals surface area (Å²) in [5.41, 5.74) is -2.51. The number of hydrogen-bond acceptors (Lipinski definition) is 2. The van der Waals surface area contributed by atoms with Gasteiger partial charge in [0.25, 0.3) is 5.56 Å². The molecular weight excluding hydrogens is 285 g/mol. The molecule has 2 aromatic rings. The van der Waals surface area contributed by atoms with Gasteiger partial charge >= 0.3 is 11.9 Å². The standard InChI is InChI=1S/C14H15F3N2O2/c1-13(2,3)7-19-11(20)9-6-8(14(15,16)17)4-5-10(9)18-12(19)21/h4-6H,7H2,1-3H3,(H,18,21). The molecule has 1 aromatic carbocycles. The van der Waals surface area contributed by atoms with Crippen LogP contribution in [0.5, 0.6) is 0 Å². The van der Waals surface area contributed by atoms with Gasteiger partial charge in [-0.05, 0) is 23.6 Å². The lowest BCUT2D eigenvalue weighted by molar-refractivity contribution is -0.137. The van der Waals surface area contributed by atoms with Gasteiger partial charge in [0, 0.05) is 6.54 Å². The number of benzene rings is 1. The highest BCUT2D eigenvalue weighted by Crippen LogP contribution is 2.30. The highest BCUT2D eigenvalue weighted by Gasteiger charge is 2.31. The van der Waals surface area contributed by atoms with Crippen LogP contribution >= 0.6 is 0 Å². The van der Waals surface area contributed by atoms with Crippen molar-refractivity contribution in [2.24, 2.45) is 5.41 Å². The SMILES string of the molecule is CC(C)(C)Cn1c(=O)[nH]c2ccc(C(F)(F)F)cc2c1=O. The van der Waals surface area contributed by atoms with Crippen LogP contribution in [0.2, 0.25) is 0 Å². The number of nitrogens with one attached hydrogen (secondary N) is 1. The first-order chi connectivity index (χ1) is 9.49. The van der Waals surface area contributed by atoms with Crippen molar-refractivity contribution in [2.45, 2.75) is 33.5 Å². The van der Waals surface area contributed by atoms with Gasteiger partial charge in [-0.15, -0.1) is 0 Å². The summed E-state index contributed by atoms with van der Waals surface area (Å²) in [7, 11) is 0. The molecule has 0 spiro atoms. The Kier molecular flexibility index (Phi) is 3.47. The molecule has 0 radical (unpaired) electrons. The third kappa shape index (κ3) is 3.17. The fourth-order valence-electron chi connectivity index (χ4n) is 2.04. The van der Waals surface area contributed by atoms with Crippen molar-refractivity contribution in [2.75, 3.05) is 0 Å². The molecule has 114 valence electrons. The summed E-state index contributed by atoms with van der Waals surface area (Å²) in [6.07, 6.45) is -4.54. The summed E-state index contributed by atoms with van der Waals surface area (Å²) in [6.45, 7) is 5.60. The van der Waals surface area contributed by atoms with E-state index < -0.39 is 23.0 Å². The van der Waals surface area contributed by atoms with E-state index in [2.05, 4.69) is 4.98 Å². The van der Waals surface area contributed by atoms with Gasteiger partial charge in [-0.2, -0.15) is 13.2 Å². The number of fused-ring (bicyclic) bond motifs is 1. The lowest BCUT2D eigenvalue weighted by Crippen LogP contribution is -2.38. The monoisotopic (exact) mass is 300 g/mol. The van der Waals surface area contributed by atoms with E-state index in [0.717, 1.165) is 22.8 Å². The second kappa shape index (κ2) is 4.75. The van der Waals surface area contributed by atoms with E-state index in [1.165, 1.54) is 0 Å². The first-order valence-electron chi connectivity index (χ1n) is 6.33. The summed E-state index contributed by atoms with van der Waals surface area (Å²) >= 11 is 0. The lowest BCUT2D eigenvalue weighted by atomic mass is 9.97. The average molecular weight is 300 g/mol. The molecule has 0 aliphatic heterocycles. The zero-order valence-electron chi connectivity index (χ0n) is 11.8. The van der Waals surface area contributed by atoms with E-state index in [1.54, 1.807) is 0 Å². The van der Waals surface area contributed by atoms with E-state index in [0.29, 0.717) is 0 Å². The first kappa shape index (κ1) is 15.3. The fraction of sp³-hybridized carbons (Fsp3) is 0.429. The van der Waals surface area contributed by atoms with Crippen LogP contribution in [-0.4, -0.2) is 9.55 Å². The van der Waals surface area contributed by atoms with E-state index >= 15 is 0 Å². The number of halogens is 3. The zero-order chi connectivity index (χ0) is 16.0. The average Bonchev–Trinajstić information content (AvgIpc) is 2.31. The van der Waals surface area contributed by atoms with Crippen molar-refractivity contribution in [3.05, 3.63) is 44.6 Å². The van der Waals surface area contributed by atoms with Gasteiger partial charge in [-0.25, -0.2) is 4.79 Å². The second-order valence-corrected chi connectivity index (χ2v) is 6.14. The zero-order valence-corrected chi connectivity index (χ0v) is 11.8. The van der Waals surface area contributed by atoms with E-state index in [4.69, 9.17) is 0 Å². The predicted octanol–water partition coefficient (Wildman–Crippen LogP) is 2.75. The Balaban J connectivity index is 2.74. The molecule has 1 heterocycles. The molecule has 0 saturated carbocycles. The number of aromatic amines is 1. The molecule has 0 aliphatic carbocycles. The van der Waals surface area contributed by atoms with Crippen LogP contribution in [-0.2, 0) is 12.7 Å². The molecule has 1 aromatic heterocycles. The topological polar surface area (TPSA) is 54.9 Å². The Morgan fingerprint density at radius 1 is 1.14 bits per heavy atom. The highest BCUT2D eigenvalue weighted by molar-refractivity contribution is 5.78. The molecule has 0 bridgehead atoms. The molecule has 7 heteroatoms. The van der Waals surface area contributed by atoms with Gasteiger partial charge in [0.2, 0.25) is 0 Å². The van der Waals surface area contributed by atoms with Crippen molar-refractivity contribution < 1.29 is 13.2 Å². The minimum absolute atomic E-state index is 0.100. The molecule has 0 atom stereocenters. The van der Waals surface area contributed by atoms with Crippen LogP contribution < -0.4 is 11.2 Å². The Bertz CT molecular complexity index is 795. The molecule has 21 heavy (non-hydrogen) atoms. The van der Waals surface area contributed by atoms with Crippen LogP contribution in [0.15, 0.2) is 27.8 Å². The fourth-order valence-corrected chi connectivity index (χ4v) is 2.04. The lowest BCUT2D eigenvalue weighted by Gasteiger charge is -2.19. The minimum Gasteiger partial charge on any atom is -0.307 e. The Hall–Kier alpha value is -2.05. The number of hydrogen-bond donors (Lipinski definition) is 1. The first-order valence-corrected chi connectivity index (χ1v) is 6.33. The number of alkyl halides is 3. The molecule has 2 rings (SSSR count). The smallest absolute Gasteiger partial charge is 0.307 e. The molecule has 0 amide bonds. The number of nitrogens with zero attached hydrogens (tertiary/aromatic N) is 1. The van der Waals surface area contributed by atoms with Crippen LogP contribution in [0, 0.1) is 5.41 Å². The summed E-state index contributed by atoms with van der Waals surface area (Å²) in [5, 5.41) is -0.145. The second-order valence-electron chi connectivity index (χ2n) is 6.14. The van der Waals surface area contributed by atoms with Crippen LogP contribution in [0.3, 0.4) is 0 Å². The molecule has 0 saturated heterocycles. The highest BCUT2D eigenvalue weighted by atomic mass is 19.4. The molecule has 4 nitrogen and oxygen atoms in total. The third-order valence-corrected chi connectivity index (χ3v) is 2.94. The number of H-pyrrole nitrogens is 1. The molecule has 0 fully saturated rings. The van der Waals surface area contributed by atoms with Crippen molar-refractivity contribution in [1.29, 1.82) is 0 Å². The molecule has 0 unspecified atom stereocenters. The number of rotatable bonds is 1. The maximum atomic E-state index is 12.7. The Labute approximate surface area is 118 Å². The van der Waals surface area contributed by atoms with Crippen molar-refractivity contribution in [3.8, 4) is 0 Å². The van der Waals surface area contributed by atoms with Crippen molar-refractivity contribution >= 4 is 10.9 Å². The van der Waals surface area contributed by atoms with Crippen molar-refractivity contribution in [1.82, 2.24) is 9.55 Å². The van der Waals surface area contributed by atoms with Gasteiger partial charge in [0.05, 0.1) is 16.5 Å². The van der Waals surface area contributed by atoms with Gasteiger partial charge in [0.15, 0.2) is 0 Å². The molecule has 0 aliphatic rings. The Morgan fingerprint density at radius 2 is 1.76 bits per heavy atom. The summed E-state index contributed by atoms with van der Waals surface area (Å²) in [4.78, 5) is 26.6. The summed E-state index contributed by atoms with van der Waals surface area (Å²) in [6, 6.07) is 2.71. The van der Waals surface area contributed by atoms with Crippen LogP contribution in [0.4, 0.5) is 13.2 Å². The largest absolute Gasteiger partial charge is 0.416 e. The third-order valence-electron chi connectivity index (χ3n) is 2.94. The van der Waals surface area contributed by atoms with Crippen molar-refractivity contribution in [3.63, 3.8) is 0 Å². The maximum Gasteiger partial charge on any atom is 0.416 e. The molecule has 1 N–H and O–H groups in total. The predicted molar refractivity (Wildman–Crippen MR) is 73.3 cm³/mol. The van der Waals surface area contributed by atoms with Gasteiger partial charge in [-0.3, -0.25) is 9.36 Å². The van der Waals surface area contributed by atoms with Gasteiger partial charge in [-0.1, -0.05) is 20.8 Å². The number of aromatic nitrogens is 2. The normalized spacial score (nSPS) is 12.9. The quantitative estimate of drug-likeness (QED) is 0.880. The minimum atomic E-state index is -4.54. The molecular formula is C14H15F3N2O2. The van der Waals surface area contributed by atoms with Gasteiger partial charge < -0.3 is 4.98 Å².